The molecule has 1 saturated carbocycles. The molecule has 1 unspecified atom stereocenters. The number of nitrogens with two attached hydrogens (primary N) is 1. The molecule has 1 aliphatic carbocycles. The first-order chi connectivity index (χ1) is 13.7. The molecule has 1 fully saturated rings. The number of aromatic nitrogens is 1. The van der Waals surface area contributed by atoms with Gasteiger partial charge in [0, 0.05) is 47.7 Å². The molecule has 4 rings (SSSR count). The van der Waals surface area contributed by atoms with Crippen LogP contribution in [0.2, 0.25) is 0 Å². The number of alkyl halides is 2. The third-order valence-corrected chi connectivity index (χ3v) is 6.89. The van der Waals surface area contributed by atoms with Crippen LogP contribution in [0.25, 0.3) is 11.1 Å². The standard InChI is InChI=1S/C22H23F2N3OS/c1-3-4-15-9-16(12-26-11-15)17-10-18(29-13-17)20(2)14-21(28-19(25)27-20)5-7-22(23,24)8-6-21/h9-13H,5-8,14H2,1-2H3,(H2,25,27). The lowest BCUT2D eigenvalue weighted by Gasteiger charge is -2.46. The highest BCUT2D eigenvalue weighted by molar-refractivity contribution is 7.10. The summed E-state index contributed by atoms with van der Waals surface area (Å²) in [4.78, 5) is 9.89. The van der Waals surface area contributed by atoms with Gasteiger partial charge < -0.3 is 10.5 Å². The summed E-state index contributed by atoms with van der Waals surface area (Å²) in [5.74, 6) is 3.28. The lowest BCUT2D eigenvalue weighted by Crippen LogP contribution is -2.51. The van der Waals surface area contributed by atoms with Gasteiger partial charge in [-0.1, -0.05) is 5.92 Å². The SMILES string of the molecule is CC#Cc1cncc(-c2csc(C3(C)CC4(CCC(F)(F)CC4)OC(N)=N3)c2)c1. The van der Waals surface area contributed by atoms with Crippen LogP contribution in [0.1, 0.15) is 56.4 Å². The second-order valence-corrected chi connectivity index (χ2v) is 8.99. The highest BCUT2D eigenvalue weighted by Crippen LogP contribution is 2.50. The number of ether oxygens (including phenoxy) is 1. The Balaban J connectivity index is 1.63. The van der Waals surface area contributed by atoms with E-state index in [-0.39, 0.29) is 31.7 Å². The van der Waals surface area contributed by atoms with Crippen LogP contribution in [0.15, 0.2) is 34.9 Å². The zero-order valence-electron chi connectivity index (χ0n) is 16.5. The van der Waals surface area contributed by atoms with Gasteiger partial charge in [-0.2, -0.15) is 0 Å². The fourth-order valence-corrected chi connectivity index (χ4v) is 5.29. The highest BCUT2D eigenvalue weighted by atomic mass is 32.1. The predicted octanol–water partition coefficient (Wildman–Crippen LogP) is 5.08. The van der Waals surface area contributed by atoms with Crippen LogP contribution >= 0.6 is 11.3 Å². The van der Waals surface area contributed by atoms with Crippen molar-refractivity contribution in [2.75, 3.05) is 0 Å². The van der Waals surface area contributed by atoms with E-state index in [0.29, 0.717) is 6.42 Å². The van der Waals surface area contributed by atoms with Crippen LogP contribution in [0.4, 0.5) is 8.78 Å². The van der Waals surface area contributed by atoms with Gasteiger partial charge in [0.05, 0.1) is 0 Å². The molecule has 2 aliphatic rings. The Morgan fingerprint density at radius 3 is 2.62 bits per heavy atom. The van der Waals surface area contributed by atoms with E-state index in [9.17, 15) is 8.78 Å². The summed E-state index contributed by atoms with van der Waals surface area (Å²) < 4.78 is 33.2. The quantitative estimate of drug-likeness (QED) is 0.696. The van der Waals surface area contributed by atoms with Gasteiger partial charge in [0.25, 0.3) is 6.02 Å². The van der Waals surface area contributed by atoms with E-state index in [0.717, 1.165) is 21.6 Å². The van der Waals surface area contributed by atoms with Crippen molar-refractivity contribution in [1.29, 1.82) is 0 Å². The molecule has 2 aromatic rings. The fourth-order valence-electron chi connectivity index (χ4n) is 4.26. The molecule has 0 radical (unpaired) electrons. The van der Waals surface area contributed by atoms with Crippen molar-refractivity contribution in [1.82, 2.24) is 4.98 Å². The molecule has 7 heteroatoms. The van der Waals surface area contributed by atoms with Gasteiger partial charge in [0.2, 0.25) is 5.92 Å². The summed E-state index contributed by atoms with van der Waals surface area (Å²) in [6, 6.07) is 4.17. The van der Waals surface area contributed by atoms with Crippen LogP contribution in [0, 0.1) is 11.8 Å². The first-order valence-corrected chi connectivity index (χ1v) is 10.5. The minimum Gasteiger partial charge on any atom is -0.459 e. The monoisotopic (exact) mass is 415 g/mol. The average Bonchev–Trinajstić information content (AvgIpc) is 3.16. The van der Waals surface area contributed by atoms with E-state index in [1.807, 2.05) is 13.0 Å². The van der Waals surface area contributed by atoms with E-state index in [1.54, 1.807) is 30.7 Å². The van der Waals surface area contributed by atoms with E-state index in [4.69, 9.17) is 10.5 Å². The summed E-state index contributed by atoms with van der Waals surface area (Å²) >= 11 is 1.59. The van der Waals surface area contributed by atoms with Crippen LogP contribution in [-0.4, -0.2) is 22.5 Å². The maximum atomic E-state index is 13.7. The molecule has 2 aromatic heterocycles. The smallest absolute Gasteiger partial charge is 0.283 e. The van der Waals surface area contributed by atoms with E-state index in [2.05, 4.69) is 33.3 Å². The number of halogens is 2. The first-order valence-electron chi connectivity index (χ1n) is 9.62. The van der Waals surface area contributed by atoms with Crippen LogP contribution in [0.3, 0.4) is 0 Å². The molecule has 4 nitrogen and oxygen atoms in total. The summed E-state index contributed by atoms with van der Waals surface area (Å²) in [6.45, 7) is 3.80. The Kier molecular flexibility index (Phi) is 4.86. The van der Waals surface area contributed by atoms with Gasteiger partial charge in [-0.05, 0) is 49.8 Å². The fraction of sp³-hybridized carbons (Fsp3) is 0.455. The number of thiophene rings is 1. The molecular weight excluding hydrogens is 392 g/mol. The van der Waals surface area contributed by atoms with Gasteiger partial charge in [-0.25, -0.2) is 13.8 Å². The van der Waals surface area contributed by atoms with Crippen molar-refractivity contribution < 1.29 is 13.5 Å². The number of hydrogen-bond acceptors (Lipinski definition) is 5. The molecule has 1 aliphatic heterocycles. The molecule has 3 heterocycles. The Morgan fingerprint density at radius 2 is 1.90 bits per heavy atom. The Morgan fingerprint density at radius 1 is 1.14 bits per heavy atom. The zero-order valence-corrected chi connectivity index (χ0v) is 17.3. The Bertz CT molecular complexity index is 1010. The number of pyridine rings is 1. The maximum absolute atomic E-state index is 13.7. The molecule has 1 spiro atoms. The molecule has 1 atom stereocenters. The normalized spacial score (nSPS) is 24.9. The molecule has 29 heavy (non-hydrogen) atoms. The van der Waals surface area contributed by atoms with Crippen molar-refractivity contribution >= 4 is 17.4 Å². The second kappa shape index (κ2) is 7.10. The van der Waals surface area contributed by atoms with Crippen molar-refractivity contribution in [3.63, 3.8) is 0 Å². The maximum Gasteiger partial charge on any atom is 0.283 e. The summed E-state index contributed by atoms with van der Waals surface area (Å²) in [5.41, 5.74) is 7.60. The topological polar surface area (TPSA) is 60.5 Å². The third kappa shape index (κ3) is 3.99. The summed E-state index contributed by atoms with van der Waals surface area (Å²) in [6.07, 6.45) is 4.29. The number of hydrogen-bond donors (Lipinski definition) is 1. The van der Waals surface area contributed by atoms with Crippen molar-refractivity contribution in [3.05, 3.63) is 40.3 Å². The number of aliphatic imine (C=N–C) groups is 1. The van der Waals surface area contributed by atoms with Crippen molar-refractivity contribution in [2.24, 2.45) is 10.7 Å². The molecule has 2 N–H and O–H groups in total. The average molecular weight is 416 g/mol. The molecule has 0 bridgehead atoms. The highest BCUT2D eigenvalue weighted by Gasteiger charge is 2.51. The molecular formula is C22H23F2N3OS. The second-order valence-electron chi connectivity index (χ2n) is 8.08. The van der Waals surface area contributed by atoms with E-state index >= 15 is 0 Å². The predicted molar refractivity (Wildman–Crippen MR) is 111 cm³/mol. The minimum atomic E-state index is -2.62. The zero-order chi connectivity index (χ0) is 20.7. The Hall–Kier alpha value is -2.46. The van der Waals surface area contributed by atoms with Crippen LogP contribution < -0.4 is 5.73 Å². The largest absolute Gasteiger partial charge is 0.459 e. The lowest BCUT2D eigenvalue weighted by atomic mass is 9.74. The van der Waals surface area contributed by atoms with E-state index < -0.39 is 17.1 Å². The molecule has 0 saturated heterocycles. The van der Waals surface area contributed by atoms with E-state index in [1.165, 1.54) is 0 Å². The van der Waals surface area contributed by atoms with Gasteiger partial charge in [0.1, 0.15) is 11.1 Å². The van der Waals surface area contributed by atoms with Gasteiger partial charge in [-0.15, -0.1) is 17.3 Å². The first kappa shape index (κ1) is 19.8. The minimum absolute atomic E-state index is 0.0841. The Labute approximate surface area is 173 Å². The van der Waals surface area contributed by atoms with Crippen LogP contribution in [0.5, 0.6) is 0 Å². The summed E-state index contributed by atoms with van der Waals surface area (Å²) in [5, 5.41) is 2.06. The van der Waals surface area contributed by atoms with Crippen LogP contribution in [-0.2, 0) is 10.3 Å². The van der Waals surface area contributed by atoms with Crippen molar-refractivity contribution in [2.45, 2.75) is 63.0 Å². The van der Waals surface area contributed by atoms with Gasteiger partial charge in [0.15, 0.2) is 0 Å². The third-order valence-electron chi connectivity index (χ3n) is 5.71. The number of rotatable bonds is 2. The number of amidine groups is 1. The number of nitrogens with zero attached hydrogens (tertiary/aromatic N) is 2. The molecule has 0 aromatic carbocycles. The van der Waals surface area contributed by atoms with Gasteiger partial charge >= 0.3 is 0 Å². The van der Waals surface area contributed by atoms with Gasteiger partial charge in [-0.3, -0.25) is 4.98 Å². The van der Waals surface area contributed by atoms with Crippen molar-refractivity contribution in [3.8, 4) is 23.0 Å². The lowest BCUT2D eigenvalue weighted by molar-refractivity contribution is -0.112. The molecule has 152 valence electrons. The summed E-state index contributed by atoms with van der Waals surface area (Å²) in [7, 11) is 0. The molecule has 0 amide bonds.